The Balaban J connectivity index is 1.84. The minimum Gasteiger partial charge on any atom is -0.493 e. The molecule has 1 aliphatic rings. The van der Waals surface area contributed by atoms with Gasteiger partial charge >= 0.3 is 0 Å². The van der Waals surface area contributed by atoms with Crippen LogP contribution < -0.4 is 16.2 Å². The molecule has 2 rings (SSSR count). The second-order valence-corrected chi connectivity index (χ2v) is 4.75. The van der Waals surface area contributed by atoms with Crippen LogP contribution in [-0.2, 0) is 14.3 Å². The molecule has 0 saturated carbocycles. The van der Waals surface area contributed by atoms with E-state index < -0.39 is 11.9 Å². The summed E-state index contributed by atoms with van der Waals surface area (Å²) < 4.78 is 10.6. The highest BCUT2D eigenvalue weighted by molar-refractivity contribution is 5.87. The first-order valence-electron chi connectivity index (χ1n) is 6.73. The molecule has 1 unspecified atom stereocenters. The van der Waals surface area contributed by atoms with E-state index in [-0.39, 0.29) is 25.5 Å². The number of morpholine rings is 1. The number of primary amides is 1. The van der Waals surface area contributed by atoms with Crippen LogP contribution in [0.1, 0.15) is 6.42 Å². The van der Waals surface area contributed by atoms with Gasteiger partial charge in [0.25, 0.3) is 0 Å². The minimum absolute atomic E-state index is 0.150. The molecule has 1 heterocycles. The molecule has 0 aromatic heterocycles. The number of rotatable bonds is 5. The average Bonchev–Trinajstić information content (AvgIpc) is 2.47. The Morgan fingerprint density at radius 3 is 2.95 bits per heavy atom. The van der Waals surface area contributed by atoms with Crippen LogP contribution in [0, 0.1) is 0 Å². The largest absolute Gasteiger partial charge is 0.493 e. The summed E-state index contributed by atoms with van der Waals surface area (Å²) >= 11 is 0. The van der Waals surface area contributed by atoms with Crippen LogP contribution in [0.2, 0.25) is 0 Å². The molecule has 1 fully saturated rings. The molecule has 0 radical (unpaired) electrons. The first kappa shape index (κ1) is 15.1. The Labute approximate surface area is 122 Å². The number of amides is 2. The third-order valence-corrected chi connectivity index (χ3v) is 3.22. The molecule has 7 nitrogen and oxygen atoms in total. The zero-order valence-corrected chi connectivity index (χ0v) is 11.7. The summed E-state index contributed by atoms with van der Waals surface area (Å²) in [6, 6.07) is 6.28. The minimum atomic E-state index is -0.696. The van der Waals surface area contributed by atoms with Crippen LogP contribution in [0.3, 0.4) is 0 Å². The Kier molecular flexibility index (Phi) is 4.99. The zero-order valence-electron chi connectivity index (χ0n) is 11.7. The number of hydrogen-bond acceptors (Lipinski definition) is 5. The highest BCUT2D eigenvalue weighted by Gasteiger charge is 2.30. The van der Waals surface area contributed by atoms with E-state index in [1.807, 2.05) is 0 Å². The third-order valence-electron chi connectivity index (χ3n) is 3.22. The number of carbonyl (C=O) groups is 2. The number of ether oxygens (including phenoxy) is 2. The van der Waals surface area contributed by atoms with Crippen molar-refractivity contribution in [1.29, 1.82) is 0 Å². The van der Waals surface area contributed by atoms with E-state index in [0.717, 1.165) is 0 Å². The molecule has 1 atom stereocenters. The molecule has 1 aliphatic heterocycles. The van der Waals surface area contributed by atoms with Gasteiger partial charge in [-0.15, -0.1) is 0 Å². The van der Waals surface area contributed by atoms with Crippen LogP contribution >= 0.6 is 0 Å². The lowest BCUT2D eigenvalue weighted by atomic mass is 10.2. The highest BCUT2D eigenvalue weighted by atomic mass is 16.5. The number of nitrogen functional groups attached to an aromatic ring is 1. The van der Waals surface area contributed by atoms with Gasteiger partial charge < -0.3 is 25.8 Å². The van der Waals surface area contributed by atoms with Gasteiger partial charge in [-0.2, -0.15) is 0 Å². The van der Waals surface area contributed by atoms with Gasteiger partial charge in [-0.1, -0.05) is 6.07 Å². The van der Waals surface area contributed by atoms with Crippen molar-refractivity contribution < 1.29 is 19.1 Å². The first-order chi connectivity index (χ1) is 10.1. The van der Waals surface area contributed by atoms with E-state index in [4.69, 9.17) is 20.9 Å². The van der Waals surface area contributed by atoms with Crippen LogP contribution in [-0.4, -0.2) is 49.1 Å². The number of anilines is 1. The molecule has 1 saturated heterocycles. The Morgan fingerprint density at radius 1 is 1.43 bits per heavy atom. The van der Waals surface area contributed by atoms with Crippen molar-refractivity contribution >= 4 is 17.5 Å². The Bertz CT molecular complexity index is 521. The molecule has 114 valence electrons. The van der Waals surface area contributed by atoms with Crippen LogP contribution in [0.15, 0.2) is 24.3 Å². The van der Waals surface area contributed by atoms with E-state index >= 15 is 0 Å². The predicted octanol–water partition coefficient (Wildman–Crippen LogP) is -0.250. The maximum atomic E-state index is 12.1. The van der Waals surface area contributed by atoms with E-state index in [2.05, 4.69) is 0 Å². The number of nitrogens with zero attached hydrogens (tertiary/aromatic N) is 1. The van der Waals surface area contributed by atoms with Crippen molar-refractivity contribution in [3.05, 3.63) is 24.3 Å². The number of nitrogens with two attached hydrogens (primary N) is 2. The standard InChI is InChI=1S/C14H19N3O4/c15-10-2-1-3-11(8-10)21-6-4-13(18)17-5-7-20-9-12(17)14(16)19/h1-3,8,12H,4-7,9,15H2,(H2,16,19). The third kappa shape index (κ3) is 4.09. The summed E-state index contributed by atoms with van der Waals surface area (Å²) in [4.78, 5) is 24.9. The zero-order chi connectivity index (χ0) is 15.2. The smallest absolute Gasteiger partial charge is 0.242 e. The molecular formula is C14H19N3O4. The fourth-order valence-electron chi connectivity index (χ4n) is 2.14. The normalized spacial score (nSPS) is 18.3. The van der Waals surface area contributed by atoms with Crippen molar-refractivity contribution in [2.24, 2.45) is 5.73 Å². The van der Waals surface area contributed by atoms with Gasteiger partial charge in [0.15, 0.2) is 0 Å². The fraction of sp³-hybridized carbons (Fsp3) is 0.429. The lowest BCUT2D eigenvalue weighted by molar-refractivity contribution is -0.147. The van der Waals surface area contributed by atoms with Gasteiger partial charge in [-0.3, -0.25) is 9.59 Å². The second-order valence-electron chi connectivity index (χ2n) is 4.75. The maximum absolute atomic E-state index is 12.1. The molecule has 0 bridgehead atoms. The molecule has 1 aromatic rings. The van der Waals surface area contributed by atoms with E-state index in [1.165, 1.54) is 4.90 Å². The first-order valence-corrected chi connectivity index (χ1v) is 6.73. The Hall–Kier alpha value is -2.28. The van der Waals surface area contributed by atoms with E-state index in [1.54, 1.807) is 24.3 Å². The molecule has 2 amide bonds. The molecular weight excluding hydrogens is 274 g/mol. The maximum Gasteiger partial charge on any atom is 0.242 e. The van der Waals surface area contributed by atoms with E-state index in [0.29, 0.717) is 24.6 Å². The molecule has 0 aliphatic carbocycles. The van der Waals surface area contributed by atoms with Crippen molar-refractivity contribution in [2.75, 3.05) is 32.1 Å². The van der Waals surface area contributed by atoms with Gasteiger partial charge in [-0.25, -0.2) is 0 Å². The van der Waals surface area contributed by atoms with Crippen molar-refractivity contribution in [3.63, 3.8) is 0 Å². The summed E-state index contributed by atoms with van der Waals surface area (Å²) in [7, 11) is 0. The molecule has 21 heavy (non-hydrogen) atoms. The van der Waals surface area contributed by atoms with Gasteiger partial charge in [0.1, 0.15) is 11.8 Å². The average molecular weight is 293 g/mol. The lowest BCUT2D eigenvalue weighted by Crippen LogP contribution is -2.54. The molecule has 7 heteroatoms. The topological polar surface area (TPSA) is 108 Å². The second kappa shape index (κ2) is 6.94. The molecule has 1 aromatic carbocycles. The monoisotopic (exact) mass is 293 g/mol. The summed E-state index contributed by atoms with van der Waals surface area (Å²) in [5.74, 6) is -0.123. The molecule has 0 spiro atoms. The predicted molar refractivity (Wildman–Crippen MR) is 76.5 cm³/mol. The van der Waals surface area contributed by atoms with Crippen LogP contribution in [0.4, 0.5) is 5.69 Å². The van der Waals surface area contributed by atoms with Crippen LogP contribution in [0.25, 0.3) is 0 Å². The number of benzene rings is 1. The van der Waals surface area contributed by atoms with Gasteiger partial charge in [0.2, 0.25) is 11.8 Å². The number of hydrogen-bond donors (Lipinski definition) is 2. The van der Waals surface area contributed by atoms with Crippen molar-refractivity contribution in [2.45, 2.75) is 12.5 Å². The summed E-state index contributed by atoms with van der Waals surface area (Å²) in [6.07, 6.45) is 0.165. The summed E-state index contributed by atoms with van der Waals surface area (Å²) in [5, 5.41) is 0. The van der Waals surface area contributed by atoms with E-state index in [9.17, 15) is 9.59 Å². The van der Waals surface area contributed by atoms with Gasteiger partial charge in [0.05, 0.1) is 26.2 Å². The summed E-state index contributed by atoms with van der Waals surface area (Å²) in [6.45, 7) is 1.14. The highest BCUT2D eigenvalue weighted by Crippen LogP contribution is 2.15. The van der Waals surface area contributed by atoms with Gasteiger partial charge in [-0.05, 0) is 12.1 Å². The summed E-state index contributed by atoms with van der Waals surface area (Å²) in [5.41, 5.74) is 11.5. The lowest BCUT2D eigenvalue weighted by Gasteiger charge is -2.33. The van der Waals surface area contributed by atoms with Gasteiger partial charge in [0, 0.05) is 18.3 Å². The molecule has 4 N–H and O–H groups in total. The quantitative estimate of drug-likeness (QED) is 0.728. The van der Waals surface area contributed by atoms with Crippen LogP contribution in [0.5, 0.6) is 5.75 Å². The Morgan fingerprint density at radius 2 is 2.24 bits per heavy atom. The van der Waals surface area contributed by atoms with Crippen molar-refractivity contribution in [1.82, 2.24) is 4.90 Å². The van der Waals surface area contributed by atoms with Crippen molar-refractivity contribution in [3.8, 4) is 5.75 Å². The fourth-order valence-corrected chi connectivity index (χ4v) is 2.14. The SMILES string of the molecule is NC(=O)C1COCCN1C(=O)CCOc1cccc(N)c1. The number of carbonyl (C=O) groups excluding carboxylic acids is 2.